The highest BCUT2D eigenvalue weighted by molar-refractivity contribution is 7.57. The van der Waals surface area contributed by atoms with E-state index in [1.807, 2.05) is 0 Å². The van der Waals surface area contributed by atoms with Gasteiger partial charge in [0.15, 0.2) is 0 Å². The second kappa shape index (κ2) is 8.46. The number of nitrogens with zero attached hydrogens (tertiary/aromatic N) is 2. The summed E-state index contributed by atoms with van der Waals surface area (Å²) in [6, 6.07) is 0. The smallest absolute Gasteiger partial charge is 0.790 e. The maximum Gasteiger partial charge on any atom is 1.00 e. The van der Waals surface area contributed by atoms with Crippen LogP contribution in [0.1, 0.15) is 2.85 Å². The second-order valence-corrected chi connectivity index (χ2v) is 8.78. The number of hydrogen-bond donors (Lipinski definition) is 0. The summed E-state index contributed by atoms with van der Waals surface area (Å²) in [5.74, 6) is 0. The number of phosphoric acid groups is 2. The van der Waals surface area contributed by atoms with Crippen LogP contribution in [0.5, 0.6) is 0 Å². The fourth-order valence-corrected chi connectivity index (χ4v) is 1.10. The molecule has 0 aliphatic heterocycles. The molecule has 120 valence electrons. The highest BCUT2D eigenvalue weighted by atomic mass is 31.3. The molecule has 0 aromatic heterocycles. The van der Waals surface area contributed by atoms with E-state index in [-0.39, 0.29) is 2.85 Å². The molecule has 0 fully saturated rings. The molecule has 0 bridgehead atoms. The summed E-state index contributed by atoms with van der Waals surface area (Å²) in [6.45, 7) is 0. The van der Waals surface area contributed by atoms with E-state index in [2.05, 4.69) is 60.7 Å². The van der Waals surface area contributed by atoms with E-state index in [9.17, 15) is 28.7 Å². The quantitative estimate of drug-likeness (QED) is 0.405. The average Bonchev–Trinajstić information content (AvgIpc) is 1.63. The minimum atomic E-state index is -5.68. The minimum Gasteiger partial charge on any atom is -0.790 e. The standard InChI is InChI=1S/2C4H12N.H4O7P2/c2*1-5(2,3)4;1-8(2,3)7-9(4,5)6/h2*1-4H3;(H2,1,2,3)(H2,4,5,6)/q2*+1;/p-2. The van der Waals surface area contributed by atoms with Gasteiger partial charge in [0.2, 0.25) is 0 Å². The Balaban J connectivity index is -0.0000000622. The lowest BCUT2D eigenvalue weighted by atomic mass is 10.8. The summed E-state index contributed by atoms with van der Waals surface area (Å²) in [5.41, 5.74) is 0. The topological polar surface area (TPSA) is 136 Å². The van der Waals surface area contributed by atoms with Gasteiger partial charge in [-0.05, 0) is 0 Å². The maximum atomic E-state index is 9.32. The van der Waals surface area contributed by atoms with Gasteiger partial charge in [-0.1, -0.05) is 0 Å². The van der Waals surface area contributed by atoms with Gasteiger partial charge in [-0.15, -0.1) is 0 Å². The second-order valence-electron chi connectivity index (χ2n) is 6.34. The Morgan fingerprint density at radius 1 is 0.684 bits per heavy atom. The van der Waals surface area contributed by atoms with E-state index in [1.165, 1.54) is 0 Å². The zero-order valence-electron chi connectivity index (χ0n) is 14.6. The van der Waals surface area contributed by atoms with Crippen LogP contribution in [0.2, 0.25) is 0 Å². The summed E-state index contributed by atoms with van der Waals surface area (Å²) in [7, 11) is 5.65. The van der Waals surface area contributed by atoms with Gasteiger partial charge in [0, 0.05) is 0 Å². The predicted molar refractivity (Wildman–Crippen MR) is 66.4 cm³/mol. The molecule has 0 aliphatic rings. The van der Waals surface area contributed by atoms with Crippen LogP contribution >= 0.6 is 15.6 Å². The third-order valence-electron chi connectivity index (χ3n) is 0.200. The van der Waals surface area contributed by atoms with Crippen molar-refractivity contribution in [2.24, 2.45) is 0 Å². The minimum absolute atomic E-state index is 0. The van der Waals surface area contributed by atoms with Crippen LogP contribution in [0.3, 0.4) is 0 Å². The molecule has 0 unspecified atom stereocenters. The molecule has 0 aromatic carbocycles. The lowest BCUT2D eigenvalue weighted by molar-refractivity contribution is -0.849. The molecule has 0 aromatic rings. The molecule has 0 atom stereocenters. The number of hydrogen-bond acceptors (Lipinski definition) is 7. The Morgan fingerprint density at radius 2 is 0.789 bits per heavy atom. The van der Waals surface area contributed by atoms with E-state index in [4.69, 9.17) is 0 Å². The Labute approximate surface area is 118 Å². The van der Waals surface area contributed by atoms with E-state index < -0.39 is 15.6 Å². The van der Waals surface area contributed by atoms with Crippen molar-refractivity contribution in [3.63, 3.8) is 0 Å². The van der Waals surface area contributed by atoms with E-state index in [1.54, 1.807) is 0 Å². The molecule has 0 heterocycles. The van der Waals surface area contributed by atoms with Crippen molar-refractivity contribution in [1.82, 2.24) is 0 Å². The normalized spacial score (nSPS) is 12.8. The molecule has 0 saturated carbocycles. The lowest BCUT2D eigenvalue weighted by Gasteiger charge is -2.39. The molecule has 11 heteroatoms. The molecule has 0 rings (SSSR count). The van der Waals surface area contributed by atoms with E-state index >= 15 is 0 Å². The first-order valence-electron chi connectivity index (χ1n) is 5.04. The molecule has 0 saturated heterocycles. The fraction of sp³-hybridized carbons (Fsp3) is 1.00. The third-order valence-corrected chi connectivity index (χ3v) is 1.80. The fourth-order valence-electron chi connectivity index (χ4n) is 0.122. The number of rotatable bonds is 2. The zero-order valence-corrected chi connectivity index (χ0v) is 14.4. The largest absolute Gasteiger partial charge is 1.00 e. The number of quaternary nitrogens is 2. The Morgan fingerprint density at radius 3 is 0.789 bits per heavy atom. The van der Waals surface area contributed by atoms with Crippen LogP contribution in [0.15, 0.2) is 0 Å². The van der Waals surface area contributed by atoms with Gasteiger partial charge >= 0.3 is 2.85 Å². The van der Waals surface area contributed by atoms with Crippen molar-refractivity contribution in [2.75, 3.05) is 56.4 Å². The Hall–Kier alpha value is 0.180. The van der Waals surface area contributed by atoms with Crippen molar-refractivity contribution in [1.29, 1.82) is 0 Å². The monoisotopic (exact) mass is 324 g/mol. The van der Waals surface area contributed by atoms with Crippen molar-refractivity contribution >= 4 is 15.6 Å². The molecular weight excluding hydrogens is 298 g/mol. The van der Waals surface area contributed by atoms with Crippen LogP contribution in [0.25, 0.3) is 0 Å². The first-order valence-corrected chi connectivity index (χ1v) is 7.96. The first-order chi connectivity index (χ1) is 7.71. The van der Waals surface area contributed by atoms with Crippen LogP contribution in [0, 0.1) is 0 Å². The van der Waals surface area contributed by atoms with Crippen LogP contribution in [0.4, 0.5) is 0 Å². The van der Waals surface area contributed by atoms with Gasteiger partial charge in [-0.25, -0.2) is 0 Å². The van der Waals surface area contributed by atoms with Gasteiger partial charge in [-0.3, -0.25) is 0 Å². The molecule has 0 radical (unpaired) electrons. The summed E-state index contributed by atoms with van der Waals surface area (Å²) in [5, 5.41) is 0. The predicted octanol–water partition coefficient (Wildman–Crippen LogP) is -2.47. The van der Waals surface area contributed by atoms with E-state index in [0.29, 0.717) is 0 Å². The lowest BCUT2D eigenvalue weighted by Crippen LogP contribution is -2.27. The van der Waals surface area contributed by atoms with Crippen LogP contribution in [-0.4, -0.2) is 65.3 Å². The zero-order chi connectivity index (χ0) is 16.7. The summed E-state index contributed by atoms with van der Waals surface area (Å²) < 4.78 is 23.2. The van der Waals surface area contributed by atoms with Crippen molar-refractivity contribution in [3.05, 3.63) is 0 Å². The summed E-state index contributed by atoms with van der Waals surface area (Å²) in [4.78, 5) is 37.3. The Kier molecular flexibility index (Phi) is 10.8. The summed E-state index contributed by atoms with van der Waals surface area (Å²) in [6.07, 6.45) is 0. The summed E-state index contributed by atoms with van der Waals surface area (Å²) >= 11 is 0. The molecule has 0 amide bonds. The third kappa shape index (κ3) is 125. The van der Waals surface area contributed by atoms with Gasteiger partial charge < -0.3 is 42.0 Å². The molecular formula is C8H26N2O7P2. The van der Waals surface area contributed by atoms with Crippen molar-refractivity contribution < 1.29 is 44.8 Å². The first kappa shape index (κ1) is 24.2. The van der Waals surface area contributed by atoms with E-state index in [0.717, 1.165) is 8.97 Å². The van der Waals surface area contributed by atoms with Crippen molar-refractivity contribution in [2.45, 2.75) is 0 Å². The van der Waals surface area contributed by atoms with Gasteiger partial charge in [0.25, 0.3) is 0 Å². The molecule has 0 spiro atoms. The molecule has 9 nitrogen and oxygen atoms in total. The molecule has 0 aliphatic carbocycles. The molecule has 19 heavy (non-hydrogen) atoms. The molecule has 0 N–H and O–H groups in total. The Bertz CT molecular complexity index is 288. The van der Waals surface area contributed by atoms with Crippen molar-refractivity contribution in [3.8, 4) is 0 Å². The maximum absolute atomic E-state index is 9.32. The van der Waals surface area contributed by atoms with Crippen LogP contribution < -0.4 is 19.6 Å². The van der Waals surface area contributed by atoms with Gasteiger partial charge in [0.1, 0.15) is 0 Å². The average molecular weight is 324 g/mol. The van der Waals surface area contributed by atoms with Gasteiger partial charge in [0.05, 0.1) is 72.0 Å². The SMILES string of the molecule is C[N+](C)(C)C.C[N+](C)(C)C.O=P([O-])([O-])OP(=O)([O-])[O-].[H+].[H+]. The highest BCUT2D eigenvalue weighted by Gasteiger charge is 1.92. The van der Waals surface area contributed by atoms with Gasteiger partial charge in [-0.2, -0.15) is 0 Å². The van der Waals surface area contributed by atoms with Crippen LogP contribution in [-0.2, 0) is 13.4 Å². The highest BCUT2D eigenvalue weighted by Crippen LogP contribution is 2.42.